The summed E-state index contributed by atoms with van der Waals surface area (Å²) in [4.78, 5) is 52.8. The number of aromatic nitrogens is 1. The standard InChI is InChI=1S/C20H29N3O5/c1-13(2)6-8-21-9-7-14(3)17(19(21)26)20(27)23-11-10-22(12-16(24)28-5)18(25)15(23)4/h7,9,13,15H,6,8,10-12H2,1-5H3. The fourth-order valence-electron chi connectivity index (χ4n) is 3.23. The summed E-state index contributed by atoms with van der Waals surface area (Å²) in [5, 5.41) is 0. The second-order valence-corrected chi connectivity index (χ2v) is 7.57. The number of hydrogen-bond acceptors (Lipinski definition) is 5. The maximum atomic E-state index is 13.1. The van der Waals surface area contributed by atoms with Crippen molar-refractivity contribution in [2.24, 2.45) is 5.92 Å². The first kappa shape index (κ1) is 21.7. The lowest BCUT2D eigenvalue weighted by Gasteiger charge is -2.38. The molecule has 0 spiro atoms. The van der Waals surface area contributed by atoms with Gasteiger partial charge in [0, 0.05) is 25.8 Å². The Morgan fingerprint density at radius 1 is 1.25 bits per heavy atom. The van der Waals surface area contributed by atoms with Gasteiger partial charge < -0.3 is 19.1 Å². The summed E-state index contributed by atoms with van der Waals surface area (Å²) >= 11 is 0. The lowest BCUT2D eigenvalue weighted by Crippen LogP contribution is -2.59. The van der Waals surface area contributed by atoms with Gasteiger partial charge in [-0.2, -0.15) is 0 Å². The zero-order valence-corrected chi connectivity index (χ0v) is 17.2. The van der Waals surface area contributed by atoms with E-state index in [9.17, 15) is 19.2 Å². The van der Waals surface area contributed by atoms with E-state index in [-0.39, 0.29) is 36.7 Å². The third-order valence-corrected chi connectivity index (χ3v) is 5.09. The molecule has 2 heterocycles. The summed E-state index contributed by atoms with van der Waals surface area (Å²) in [5.74, 6) is -0.848. The highest BCUT2D eigenvalue weighted by Crippen LogP contribution is 2.16. The van der Waals surface area contributed by atoms with Crippen LogP contribution in [-0.4, -0.2) is 64.9 Å². The number of carbonyl (C=O) groups excluding carboxylic acids is 3. The van der Waals surface area contributed by atoms with Crippen molar-refractivity contribution < 1.29 is 19.1 Å². The van der Waals surface area contributed by atoms with Gasteiger partial charge in [-0.25, -0.2) is 0 Å². The van der Waals surface area contributed by atoms with E-state index in [4.69, 9.17) is 0 Å². The van der Waals surface area contributed by atoms with Gasteiger partial charge in [-0.15, -0.1) is 0 Å². The van der Waals surface area contributed by atoms with Gasteiger partial charge in [-0.3, -0.25) is 19.2 Å². The first-order chi connectivity index (χ1) is 13.2. The molecule has 8 heteroatoms. The van der Waals surface area contributed by atoms with Crippen molar-refractivity contribution in [3.05, 3.63) is 33.7 Å². The quantitative estimate of drug-likeness (QED) is 0.676. The number of rotatable bonds is 6. The summed E-state index contributed by atoms with van der Waals surface area (Å²) < 4.78 is 6.16. The molecular formula is C20H29N3O5. The summed E-state index contributed by atoms with van der Waals surface area (Å²) in [6.07, 6.45) is 2.54. The predicted molar refractivity (Wildman–Crippen MR) is 104 cm³/mol. The Balaban J connectivity index is 2.24. The Bertz CT molecular complexity index is 815. The number of hydrogen-bond donors (Lipinski definition) is 0. The minimum atomic E-state index is -0.756. The fourth-order valence-corrected chi connectivity index (χ4v) is 3.23. The Labute approximate surface area is 165 Å². The third-order valence-electron chi connectivity index (χ3n) is 5.09. The average Bonchev–Trinajstić information content (AvgIpc) is 2.64. The van der Waals surface area contributed by atoms with Crippen LogP contribution in [0.25, 0.3) is 0 Å². The van der Waals surface area contributed by atoms with E-state index in [2.05, 4.69) is 18.6 Å². The van der Waals surface area contributed by atoms with Crippen LogP contribution < -0.4 is 5.56 Å². The molecule has 0 aromatic carbocycles. The number of nitrogens with zero attached hydrogens (tertiary/aromatic N) is 3. The molecule has 1 aromatic heterocycles. The van der Waals surface area contributed by atoms with Crippen LogP contribution in [0.2, 0.25) is 0 Å². The third kappa shape index (κ3) is 4.61. The topological polar surface area (TPSA) is 88.9 Å². The maximum Gasteiger partial charge on any atom is 0.325 e. The zero-order valence-electron chi connectivity index (χ0n) is 17.2. The Kier molecular flexibility index (Phi) is 6.99. The van der Waals surface area contributed by atoms with Crippen molar-refractivity contribution in [1.82, 2.24) is 14.4 Å². The SMILES string of the molecule is COC(=O)CN1CCN(C(=O)c2c(C)ccn(CCC(C)C)c2=O)C(C)C1=O. The number of esters is 1. The molecule has 2 rings (SSSR count). The second-order valence-electron chi connectivity index (χ2n) is 7.57. The van der Waals surface area contributed by atoms with E-state index < -0.39 is 17.9 Å². The highest BCUT2D eigenvalue weighted by molar-refractivity contribution is 5.99. The number of pyridine rings is 1. The molecule has 0 saturated carbocycles. The van der Waals surface area contributed by atoms with Gasteiger partial charge in [-0.1, -0.05) is 13.8 Å². The first-order valence-electron chi connectivity index (χ1n) is 9.54. The molecule has 0 N–H and O–H groups in total. The Morgan fingerprint density at radius 3 is 2.54 bits per heavy atom. The minimum absolute atomic E-state index is 0.104. The zero-order chi connectivity index (χ0) is 21.0. The van der Waals surface area contributed by atoms with Gasteiger partial charge in [0.1, 0.15) is 18.2 Å². The summed E-state index contributed by atoms with van der Waals surface area (Å²) in [7, 11) is 1.26. The first-order valence-corrected chi connectivity index (χ1v) is 9.54. The van der Waals surface area contributed by atoms with Crippen molar-refractivity contribution in [3.8, 4) is 0 Å². The molecule has 0 aliphatic carbocycles. The van der Waals surface area contributed by atoms with Crippen LogP contribution in [0.1, 0.15) is 43.1 Å². The molecule has 154 valence electrons. The Hall–Kier alpha value is -2.64. The normalized spacial score (nSPS) is 17.2. The maximum absolute atomic E-state index is 13.1. The van der Waals surface area contributed by atoms with Gasteiger partial charge >= 0.3 is 5.97 Å². The largest absolute Gasteiger partial charge is 0.468 e. The molecule has 8 nitrogen and oxygen atoms in total. The number of piperazine rings is 1. The van der Waals surface area contributed by atoms with E-state index in [1.54, 1.807) is 30.7 Å². The van der Waals surface area contributed by atoms with Crippen LogP contribution in [0.3, 0.4) is 0 Å². The van der Waals surface area contributed by atoms with Crippen LogP contribution in [-0.2, 0) is 20.9 Å². The van der Waals surface area contributed by atoms with Crippen molar-refractivity contribution in [2.45, 2.75) is 46.7 Å². The molecule has 1 unspecified atom stereocenters. The lowest BCUT2D eigenvalue weighted by molar-refractivity contribution is -0.150. The fraction of sp³-hybridized carbons (Fsp3) is 0.600. The molecule has 1 atom stereocenters. The van der Waals surface area contributed by atoms with Crippen LogP contribution in [0.4, 0.5) is 0 Å². The molecule has 1 fully saturated rings. The molecule has 28 heavy (non-hydrogen) atoms. The highest BCUT2D eigenvalue weighted by Gasteiger charge is 2.36. The average molecular weight is 391 g/mol. The van der Waals surface area contributed by atoms with Gasteiger partial charge in [0.05, 0.1) is 7.11 Å². The summed E-state index contributed by atoms with van der Waals surface area (Å²) in [6, 6.07) is 1.00. The smallest absolute Gasteiger partial charge is 0.325 e. The summed E-state index contributed by atoms with van der Waals surface area (Å²) in [5.41, 5.74) is 0.363. The molecular weight excluding hydrogens is 362 g/mol. The van der Waals surface area contributed by atoms with Crippen molar-refractivity contribution in [2.75, 3.05) is 26.7 Å². The molecule has 0 radical (unpaired) electrons. The Morgan fingerprint density at radius 2 is 1.93 bits per heavy atom. The van der Waals surface area contributed by atoms with Gasteiger partial charge in [0.25, 0.3) is 11.5 Å². The van der Waals surface area contributed by atoms with E-state index in [1.807, 2.05) is 0 Å². The highest BCUT2D eigenvalue weighted by atomic mass is 16.5. The minimum Gasteiger partial charge on any atom is -0.468 e. The lowest BCUT2D eigenvalue weighted by atomic mass is 10.1. The number of ether oxygens (including phenoxy) is 1. The summed E-state index contributed by atoms with van der Waals surface area (Å²) in [6.45, 7) is 8.35. The monoisotopic (exact) mass is 391 g/mol. The van der Waals surface area contributed by atoms with Crippen molar-refractivity contribution in [1.29, 1.82) is 0 Å². The van der Waals surface area contributed by atoms with Crippen LogP contribution >= 0.6 is 0 Å². The molecule has 1 aliphatic rings. The number of aryl methyl sites for hydroxylation is 2. The predicted octanol–water partition coefficient (Wildman–Crippen LogP) is 1.05. The van der Waals surface area contributed by atoms with Gasteiger partial charge in [-0.05, 0) is 37.8 Å². The van der Waals surface area contributed by atoms with E-state index in [0.717, 1.165) is 6.42 Å². The van der Waals surface area contributed by atoms with Gasteiger partial charge in [0.15, 0.2) is 0 Å². The van der Waals surface area contributed by atoms with Crippen molar-refractivity contribution >= 4 is 17.8 Å². The van der Waals surface area contributed by atoms with E-state index in [1.165, 1.54) is 16.9 Å². The van der Waals surface area contributed by atoms with Crippen molar-refractivity contribution in [3.63, 3.8) is 0 Å². The second kappa shape index (κ2) is 9.03. The van der Waals surface area contributed by atoms with Gasteiger partial charge in [0.2, 0.25) is 5.91 Å². The van der Waals surface area contributed by atoms with E-state index in [0.29, 0.717) is 18.0 Å². The van der Waals surface area contributed by atoms with E-state index >= 15 is 0 Å². The van der Waals surface area contributed by atoms with Crippen LogP contribution in [0.15, 0.2) is 17.1 Å². The molecule has 1 saturated heterocycles. The van der Waals surface area contributed by atoms with Crippen LogP contribution in [0.5, 0.6) is 0 Å². The molecule has 0 bridgehead atoms. The molecule has 1 aliphatic heterocycles. The number of amides is 2. The molecule has 1 aromatic rings. The number of carbonyl (C=O) groups is 3. The molecule has 2 amide bonds. The van der Waals surface area contributed by atoms with Crippen LogP contribution in [0, 0.1) is 12.8 Å². The number of methoxy groups -OCH3 is 1.